The number of hydrogen-bond acceptors (Lipinski definition) is 11. The highest BCUT2D eigenvalue weighted by atomic mass is 16.6. The number of nitrogens with zero attached hydrogens (tertiary/aromatic N) is 1. The Balaban J connectivity index is 1.01. The third-order valence-electron chi connectivity index (χ3n) is 7.43. The zero-order valence-electron chi connectivity index (χ0n) is 29.1. The van der Waals surface area contributed by atoms with Gasteiger partial charge in [-0.15, -0.1) is 6.58 Å². The van der Waals surface area contributed by atoms with E-state index in [2.05, 4.69) is 30.8 Å². The molecule has 1 aliphatic rings. The third kappa shape index (κ3) is 17.0. The van der Waals surface area contributed by atoms with Gasteiger partial charge >= 0.3 is 6.09 Å². The molecule has 2 aromatic carbocycles. The van der Waals surface area contributed by atoms with Crippen molar-refractivity contribution < 1.29 is 52.2 Å². The SMILES string of the molecule is C=CCOCCOCCOCCOCCOCCOCCOCCOCCOCCN(C)C(=O)OCC1c2ccccc2-c2ccccc21. The number of benzene rings is 2. The summed E-state index contributed by atoms with van der Waals surface area (Å²) in [6.45, 7) is 13.3. The van der Waals surface area contributed by atoms with Crippen molar-refractivity contribution in [3.63, 3.8) is 0 Å². The van der Waals surface area contributed by atoms with E-state index in [9.17, 15) is 4.79 Å². The number of carbonyl (C=O) groups is 1. The van der Waals surface area contributed by atoms with Crippen molar-refractivity contribution in [3.8, 4) is 11.1 Å². The van der Waals surface area contributed by atoms with Crippen LogP contribution in [0.5, 0.6) is 0 Å². The van der Waals surface area contributed by atoms with Crippen LogP contribution in [0.25, 0.3) is 11.1 Å². The molecule has 12 heteroatoms. The van der Waals surface area contributed by atoms with Crippen LogP contribution < -0.4 is 0 Å². The first-order valence-electron chi connectivity index (χ1n) is 17.1. The lowest BCUT2D eigenvalue weighted by molar-refractivity contribution is -0.0248. The Morgan fingerprint density at radius 1 is 0.571 bits per heavy atom. The summed E-state index contributed by atoms with van der Waals surface area (Å²) in [5.41, 5.74) is 4.80. The second-order valence-electron chi connectivity index (χ2n) is 11.0. The molecular formula is C37H55NO11. The van der Waals surface area contributed by atoms with Gasteiger partial charge in [-0.3, -0.25) is 0 Å². The van der Waals surface area contributed by atoms with Crippen LogP contribution in [-0.4, -0.2) is 150 Å². The fourth-order valence-electron chi connectivity index (χ4n) is 4.92. The maximum atomic E-state index is 12.6. The van der Waals surface area contributed by atoms with Gasteiger partial charge in [0.1, 0.15) is 6.61 Å². The van der Waals surface area contributed by atoms with Gasteiger partial charge < -0.3 is 52.3 Å². The fourth-order valence-corrected chi connectivity index (χ4v) is 4.92. The highest BCUT2D eigenvalue weighted by molar-refractivity contribution is 5.79. The summed E-state index contributed by atoms with van der Waals surface area (Å²) >= 11 is 0. The maximum absolute atomic E-state index is 12.6. The second-order valence-corrected chi connectivity index (χ2v) is 11.0. The van der Waals surface area contributed by atoms with Crippen LogP contribution in [0, 0.1) is 0 Å². The summed E-state index contributed by atoms with van der Waals surface area (Å²) in [6, 6.07) is 16.6. The molecule has 0 fully saturated rings. The maximum Gasteiger partial charge on any atom is 0.409 e. The molecule has 1 aliphatic carbocycles. The lowest BCUT2D eigenvalue weighted by Crippen LogP contribution is -2.32. The van der Waals surface area contributed by atoms with Crippen molar-refractivity contribution in [3.05, 3.63) is 72.3 Å². The number of ether oxygens (including phenoxy) is 10. The van der Waals surface area contributed by atoms with Crippen LogP contribution in [-0.2, 0) is 47.4 Å². The molecule has 0 spiro atoms. The topological polar surface area (TPSA) is 113 Å². The van der Waals surface area contributed by atoms with Crippen LogP contribution in [0.2, 0.25) is 0 Å². The van der Waals surface area contributed by atoms with Crippen molar-refractivity contribution >= 4 is 6.09 Å². The molecule has 0 bridgehead atoms. The van der Waals surface area contributed by atoms with E-state index in [1.807, 2.05) is 24.3 Å². The van der Waals surface area contributed by atoms with E-state index in [1.165, 1.54) is 27.2 Å². The van der Waals surface area contributed by atoms with Gasteiger partial charge in [0.2, 0.25) is 0 Å². The van der Waals surface area contributed by atoms with Crippen molar-refractivity contribution in [2.24, 2.45) is 0 Å². The summed E-state index contributed by atoms with van der Waals surface area (Å²) in [6.07, 6.45) is 1.35. The van der Waals surface area contributed by atoms with E-state index in [0.29, 0.717) is 132 Å². The minimum absolute atomic E-state index is 0.0412. The van der Waals surface area contributed by atoms with E-state index in [4.69, 9.17) is 47.4 Å². The molecule has 12 nitrogen and oxygen atoms in total. The Morgan fingerprint density at radius 3 is 1.31 bits per heavy atom. The van der Waals surface area contributed by atoms with Crippen LogP contribution >= 0.6 is 0 Å². The molecule has 1 amide bonds. The summed E-state index contributed by atoms with van der Waals surface area (Å²) in [7, 11) is 1.71. The highest BCUT2D eigenvalue weighted by Gasteiger charge is 2.29. The molecule has 0 saturated carbocycles. The monoisotopic (exact) mass is 689 g/mol. The van der Waals surface area contributed by atoms with E-state index >= 15 is 0 Å². The van der Waals surface area contributed by atoms with Gasteiger partial charge in [0, 0.05) is 19.5 Å². The number of likely N-dealkylation sites (N-methyl/N-ethyl adjacent to an activating group) is 1. The molecule has 2 aromatic rings. The normalized spacial score (nSPS) is 12.2. The molecule has 0 N–H and O–H groups in total. The van der Waals surface area contributed by atoms with Crippen molar-refractivity contribution in [2.75, 3.05) is 139 Å². The first-order chi connectivity index (χ1) is 24.2. The Morgan fingerprint density at radius 2 is 0.918 bits per heavy atom. The number of carbonyl (C=O) groups excluding carboxylic acids is 1. The summed E-state index contributed by atoms with van der Waals surface area (Å²) in [5.74, 6) is 0.0412. The van der Waals surface area contributed by atoms with E-state index in [1.54, 1.807) is 13.1 Å². The lowest BCUT2D eigenvalue weighted by Gasteiger charge is -2.19. The number of hydrogen-bond donors (Lipinski definition) is 0. The van der Waals surface area contributed by atoms with Crippen LogP contribution in [0.4, 0.5) is 4.79 Å². The fraction of sp³-hybridized carbons (Fsp3) is 0.595. The van der Waals surface area contributed by atoms with Gasteiger partial charge in [0.15, 0.2) is 0 Å². The zero-order valence-corrected chi connectivity index (χ0v) is 29.1. The van der Waals surface area contributed by atoms with Crippen molar-refractivity contribution in [2.45, 2.75) is 5.92 Å². The minimum atomic E-state index is -0.362. The van der Waals surface area contributed by atoms with Crippen molar-refractivity contribution in [1.29, 1.82) is 0 Å². The molecule has 274 valence electrons. The molecule has 0 radical (unpaired) electrons. The Kier molecular flexibility index (Phi) is 22.2. The summed E-state index contributed by atoms with van der Waals surface area (Å²) < 4.78 is 54.8. The Bertz CT molecular complexity index is 1110. The Labute approximate surface area is 291 Å². The Hall–Kier alpha value is -2.91. The van der Waals surface area contributed by atoms with E-state index < -0.39 is 0 Å². The van der Waals surface area contributed by atoms with Crippen LogP contribution in [0.15, 0.2) is 61.2 Å². The van der Waals surface area contributed by atoms with Gasteiger partial charge in [-0.1, -0.05) is 54.6 Å². The molecular weight excluding hydrogens is 634 g/mol. The van der Waals surface area contributed by atoms with Gasteiger partial charge in [-0.25, -0.2) is 4.79 Å². The average Bonchev–Trinajstić information content (AvgIpc) is 3.45. The standard InChI is InChI=1S/C37H55NO11/c1-3-13-40-15-17-42-19-21-44-23-25-46-27-29-48-30-28-47-26-24-45-22-20-43-18-16-41-14-12-38(2)37(39)49-31-36-34-10-6-4-8-32(34)33-9-5-7-11-35(33)36/h3-11,36H,1,12-31H2,2H3. The van der Waals surface area contributed by atoms with Gasteiger partial charge in [-0.2, -0.15) is 0 Å². The minimum Gasteiger partial charge on any atom is -0.448 e. The summed E-state index contributed by atoms with van der Waals surface area (Å²) in [4.78, 5) is 14.1. The second kappa shape index (κ2) is 26.9. The lowest BCUT2D eigenvalue weighted by atomic mass is 9.98. The first-order valence-corrected chi connectivity index (χ1v) is 17.1. The largest absolute Gasteiger partial charge is 0.448 e. The summed E-state index contributed by atoms with van der Waals surface area (Å²) in [5, 5.41) is 0. The molecule has 49 heavy (non-hydrogen) atoms. The zero-order chi connectivity index (χ0) is 34.6. The molecule has 0 unspecified atom stereocenters. The molecule has 0 atom stereocenters. The van der Waals surface area contributed by atoms with Gasteiger partial charge in [0.05, 0.1) is 119 Å². The molecule has 0 aliphatic heterocycles. The number of rotatable bonds is 31. The van der Waals surface area contributed by atoms with Crippen molar-refractivity contribution in [1.82, 2.24) is 4.90 Å². The van der Waals surface area contributed by atoms with E-state index in [0.717, 1.165) is 0 Å². The number of fused-ring (bicyclic) bond motifs is 3. The van der Waals surface area contributed by atoms with Gasteiger partial charge in [0.25, 0.3) is 0 Å². The first kappa shape index (κ1) is 40.5. The quantitative estimate of drug-likeness (QED) is 0.0839. The molecule has 0 heterocycles. The van der Waals surface area contributed by atoms with Gasteiger partial charge in [-0.05, 0) is 22.3 Å². The van der Waals surface area contributed by atoms with Crippen LogP contribution in [0.1, 0.15) is 17.0 Å². The number of amides is 1. The molecule has 0 aromatic heterocycles. The molecule has 0 saturated heterocycles. The van der Waals surface area contributed by atoms with Crippen LogP contribution in [0.3, 0.4) is 0 Å². The average molecular weight is 690 g/mol. The van der Waals surface area contributed by atoms with E-state index in [-0.39, 0.29) is 12.0 Å². The predicted octanol–water partition coefficient (Wildman–Crippen LogP) is 4.20. The smallest absolute Gasteiger partial charge is 0.409 e. The predicted molar refractivity (Wildman–Crippen MR) is 185 cm³/mol. The highest BCUT2D eigenvalue weighted by Crippen LogP contribution is 2.44. The third-order valence-corrected chi connectivity index (χ3v) is 7.43. The molecule has 3 rings (SSSR count).